The number of aromatic hydroxyl groups is 1. The number of phenolic OH excluding ortho intramolecular Hbond substituents is 1. The van der Waals surface area contributed by atoms with Crippen molar-refractivity contribution in [1.82, 2.24) is 10.2 Å². The number of nitrogens with zero attached hydrogens (tertiary/aromatic N) is 1. The van der Waals surface area contributed by atoms with Gasteiger partial charge in [-0.3, -0.25) is 0 Å². The van der Waals surface area contributed by atoms with Gasteiger partial charge in [-0.05, 0) is 37.0 Å². The minimum Gasteiger partial charge on any atom is -0.508 e. The van der Waals surface area contributed by atoms with E-state index in [1.54, 1.807) is 24.1 Å². The number of hydrogen-bond donors (Lipinski definition) is 3. The van der Waals surface area contributed by atoms with Crippen LogP contribution in [0.1, 0.15) is 24.8 Å². The van der Waals surface area contributed by atoms with Gasteiger partial charge in [0, 0.05) is 19.5 Å². The third-order valence-corrected chi connectivity index (χ3v) is 3.91. The summed E-state index contributed by atoms with van der Waals surface area (Å²) in [6.45, 7) is 0. The summed E-state index contributed by atoms with van der Waals surface area (Å²) in [4.78, 5) is 24.9. The highest BCUT2D eigenvalue weighted by Crippen LogP contribution is 2.23. The molecule has 1 saturated carbocycles. The first kappa shape index (κ1) is 15.2. The number of nitrogens with one attached hydrogen (secondary N) is 1. The number of urea groups is 1. The minimum atomic E-state index is -1.07. The van der Waals surface area contributed by atoms with E-state index in [0.717, 1.165) is 24.8 Å². The van der Waals surface area contributed by atoms with Gasteiger partial charge in [0.15, 0.2) is 0 Å². The molecule has 1 aliphatic carbocycles. The summed E-state index contributed by atoms with van der Waals surface area (Å²) >= 11 is 0. The maximum Gasteiger partial charge on any atom is 0.326 e. The zero-order valence-electron chi connectivity index (χ0n) is 12.0. The van der Waals surface area contributed by atoms with Crippen LogP contribution in [0.4, 0.5) is 4.79 Å². The van der Waals surface area contributed by atoms with Crippen molar-refractivity contribution in [3.63, 3.8) is 0 Å². The van der Waals surface area contributed by atoms with Crippen molar-refractivity contribution in [3.05, 3.63) is 29.8 Å². The molecule has 3 N–H and O–H groups in total. The van der Waals surface area contributed by atoms with E-state index in [9.17, 15) is 19.8 Å². The number of benzene rings is 1. The second kappa shape index (κ2) is 6.47. The molecule has 0 unspecified atom stereocenters. The Morgan fingerprint density at radius 2 is 1.95 bits per heavy atom. The Balaban J connectivity index is 1.96. The van der Waals surface area contributed by atoms with Crippen molar-refractivity contribution in [2.75, 3.05) is 7.05 Å². The fourth-order valence-electron chi connectivity index (χ4n) is 2.26. The normalized spacial score (nSPS) is 15.9. The molecule has 1 aromatic rings. The zero-order chi connectivity index (χ0) is 15.4. The lowest BCUT2D eigenvalue weighted by molar-refractivity contribution is -0.139. The molecule has 1 aliphatic rings. The Morgan fingerprint density at radius 1 is 1.33 bits per heavy atom. The summed E-state index contributed by atoms with van der Waals surface area (Å²) in [5.74, 6) is -0.946. The molecule has 0 radical (unpaired) electrons. The van der Waals surface area contributed by atoms with Crippen LogP contribution < -0.4 is 5.32 Å². The van der Waals surface area contributed by atoms with Crippen molar-refractivity contribution in [3.8, 4) is 5.75 Å². The summed E-state index contributed by atoms with van der Waals surface area (Å²) in [7, 11) is 1.69. The van der Waals surface area contributed by atoms with Crippen LogP contribution in [-0.2, 0) is 11.2 Å². The van der Waals surface area contributed by atoms with E-state index >= 15 is 0 Å². The molecule has 0 bridgehead atoms. The van der Waals surface area contributed by atoms with E-state index in [1.165, 1.54) is 12.1 Å². The van der Waals surface area contributed by atoms with Crippen molar-refractivity contribution in [2.24, 2.45) is 0 Å². The fraction of sp³-hybridized carbons (Fsp3) is 0.467. The molecule has 0 aromatic heterocycles. The number of hydrogen-bond acceptors (Lipinski definition) is 3. The van der Waals surface area contributed by atoms with Gasteiger partial charge in [-0.25, -0.2) is 9.59 Å². The topological polar surface area (TPSA) is 89.9 Å². The first-order valence-electron chi connectivity index (χ1n) is 7.01. The molecule has 2 amide bonds. The van der Waals surface area contributed by atoms with Crippen LogP contribution in [0.25, 0.3) is 0 Å². The highest BCUT2D eigenvalue weighted by Gasteiger charge is 2.28. The summed E-state index contributed by atoms with van der Waals surface area (Å²) in [5.41, 5.74) is 0.742. The number of carboxylic acids is 1. The maximum atomic E-state index is 12.0. The van der Waals surface area contributed by atoms with Crippen LogP contribution in [-0.4, -0.2) is 46.2 Å². The minimum absolute atomic E-state index is 0.124. The number of aliphatic carboxylic acids is 1. The van der Waals surface area contributed by atoms with Gasteiger partial charge in [0.2, 0.25) is 0 Å². The van der Waals surface area contributed by atoms with Crippen LogP contribution in [0.15, 0.2) is 24.3 Å². The lowest BCUT2D eigenvalue weighted by Gasteiger charge is -2.35. The Hall–Kier alpha value is -2.24. The number of carbonyl (C=O) groups is 2. The predicted octanol–water partition coefficient (Wildman–Crippen LogP) is 1.58. The van der Waals surface area contributed by atoms with E-state index < -0.39 is 12.0 Å². The largest absolute Gasteiger partial charge is 0.508 e. The Labute approximate surface area is 123 Å². The van der Waals surface area contributed by atoms with E-state index in [-0.39, 0.29) is 24.2 Å². The Kier molecular flexibility index (Phi) is 4.67. The van der Waals surface area contributed by atoms with Crippen LogP contribution >= 0.6 is 0 Å². The lowest BCUT2D eigenvalue weighted by atomic mass is 9.92. The van der Waals surface area contributed by atoms with E-state index in [4.69, 9.17) is 0 Å². The van der Waals surface area contributed by atoms with Crippen LogP contribution in [0, 0.1) is 0 Å². The number of rotatable bonds is 5. The van der Waals surface area contributed by atoms with Gasteiger partial charge in [0.05, 0.1) is 0 Å². The molecule has 1 aromatic carbocycles. The Morgan fingerprint density at radius 3 is 2.43 bits per heavy atom. The molecule has 2 rings (SSSR count). The van der Waals surface area contributed by atoms with Gasteiger partial charge >= 0.3 is 12.0 Å². The van der Waals surface area contributed by atoms with Gasteiger partial charge in [-0.15, -0.1) is 0 Å². The smallest absolute Gasteiger partial charge is 0.326 e. The molecule has 1 fully saturated rings. The monoisotopic (exact) mass is 292 g/mol. The van der Waals surface area contributed by atoms with Crippen molar-refractivity contribution in [2.45, 2.75) is 37.8 Å². The molecule has 114 valence electrons. The second-order valence-corrected chi connectivity index (χ2v) is 5.41. The van der Waals surface area contributed by atoms with Crippen molar-refractivity contribution < 1.29 is 19.8 Å². The second-order valence-electron chi connectivity index (χ2n) is 5.41. The highest BCUT2D eigenvalue weighted by atomic mass is 16.4. The number of phenols is 1. The standard InChI is InChI=1S/C15H20N2O4/c1-17(11-3-2-4-11)15(21)16-13(14(19)20)9-10-5-7-12(18)8-6-10/h5-8,11,13,18H,2-4,9H2,1H3,(H,16,21)(H,19,20)/t13-/m0/s1. The highest BCUT2D eigenvalue weighted by molar-refractivity contribution is 5.82. The molecule has 21 heavy (non-hydrogen) atoms. The maximum absolute atomic E-state index is 12.0. The number of carbonyl (C=O) groups excluding carboxylic acids is 1. The predicted molar refractivity (Wildman–Crippen MR) is 77.2 cm³/mol. The van der Waals surface area contributed by atoms with E-state index in [0.29, 0.717) is 0 Å². The molecule has 0 heterocycles. The summed E-state index contributed by atoms with van der Waals surface area (Å²) in [6, 6.07) is 5.16. The van der Waals surface area contributed by atoms with E-state index in [2.05, 4.69) is 5.32 Å². The third-order valence-electron chi connectivity index (χ3n) is 3.91. The molecule has 6 nitrogen and oxygen atoms in total. The average molecular weight is 292 g/mol. The molecular weight excluding hydrogens is 272 g/mol. The SMILES string of the molecule is CN(C(=O)N[C@@H](Cc1ccc(O)cc1)C(=O)O)C1CCC1. The van der Waals surface area contributed by atoms with Crippen LogP contribution in [0.2, 0.25) is 0 Å². The summed E-state index contributed by atoms with van der Waals surface area (Å²) in [6.07, 6.45) is 3.23. The van der Waals surface area contributed by atoms with Gasteiger partial charge < -0.3 is 20.4 Å². The molecule has 1 atom stereocenters. The molecule has 0 aliphatic heterocycles. The first-order chi connectivity index (χ1) is 9.97. The molecule has 6 heteroatoms. The van der Waals surface area contributed by atoms with Crippen molar-refractivity contribution in [1.29, 1.82) is 0 Å². The lowest BCUT2D eigenvalue weighted by Crippen LogP contribution is -2.52. The van der Waals surface area contributed by atoms with Crippen molar-refractivity contribution >= 4 is 12.0 Å². The molecule has 0 saturated heterocycles. The van der Waals surface area contributed by atoms with Crippen LogP contribution in [0.5, 0.6) is 5.75 Å². The molecule has 0 spiro atoms. The van der Waals surface area contributed by atoms with Crippen LogP contribution in [0.3, 0.4) is 0 Å². The quantitative estimate of drug-likeness (QED) is 0.768. The summed E-state index contributed by atoms with van der Waals surface area (Å²) < 4.78 is 0. The Bertz CT molecular complexity index is 511. The summed E-state index contributed by atoms with van der Waals surface area (Å²) in [5, 5.41) is 21.0. The third kappa shape index (κ3) is 3.87. The first-order valence-corrected chi connectivity index (χ1v) is 7.01. The van der Waals surface area contributed by atoms with Gasteiger partial charge in [0.25, 0.3) is 0 Å². The van der Waals surface area contributed by atoms with Gasteiger partial charge in [0.1, 0.15) is 11.8 Å². The van der Waals surface area contributed by atoms with Gasteiger partial charge in [-0.2, -0.15) is 0 Å². The fourth-order valence-corrected chi connectivity index (χ4v) is 2.26. The number of carboxylic acid groups (broad SMARTS) is 1. The zero-order valence-corrected chi connectivity index (χ0v) is 12.0. The average Bonchev–Trinajstić information content (AvgIpc) is 2.38. The van der Waals surface area contributed by atoms with E-state index in [1.807, 2.05) is 0 Å². The number of amides is 2. The van der Waals surface area contributed by atoms with Gasteiger partial charge in [-0.1, -0.05) is 12.1 Å². The molecular formula is C15H20N2O4.